The van der Waals surface area contributed by atoms with Gasteiger partial charge in [0.1, 0.15) is 0 Å². The summed E-state index contributed by atoms with van der Waals surface area (Å²) in [6.07, 6.45) is 1.37. The summed E-state index contributed by atoms with van der Waals surface area (Å²) in [4.78, 5) is 13.4. The first-order valence-corrected chi connectivity index (χ1v) is 4.47. The maximum Gasteiger partial charge on any atom is 0.239 e. The molecular formula is C8H14N2O2. The number of carbonyl (C=O) groups excluding carboxylic acids is 1. The summed E-state index contributed by atoms with van der Waals surface area (Å²) in [5.41, 5.74) is 0. The zero-order valence-electron chi connectivity index (χ0n) is 6.99. The number of nitrogens with one attached hydrogen (secondary N) is 1. The number of hydrogen-bond donors (Lipinski definition) is 2. The van der Waals surface area contributed by atoms with Gasteiger partial charge in [0.15, 0.2) is 0 Å². The summed E-state index contributed by atoms with van der Waals surface area (Å²) >= 11 is 0. The monoisotopic (exact) mass is 170 g/mol. The highest BCUT2D eigenvalue weighted by Crippen LogP contribution is 2.13. The average molecular weight is 170 g/mol. The molecule has 68 valence electrons. The van der Waals surface area contributed by atoms with Crippen LogP contribution in [-0.4, -0.2) is 47.7 Å². The number of amides is 1. The second-order valence-electron chi connectivity index (χ2n) is 3.53. The Kier molecular flexibility index (Phi) is 2.02. The molecule has 2 rings (SSSR count). The van der Waals surface area contributed by atoms with Crippen molar-refractivity contribution < 1.29 is 9.90 Å². The molecule has 2 heterocycles. The Bertz CT molecular complexity index is 191. The largest absolute Gasteiger partial charge is 0.392 e. The zero-order chi connectivity index (χ0) is 8.55. The summed E-state index contributed by atoms with van der Waals surface area (Å²) in [6.45, 7) is 2.35. The third kappa shape index (κ3) is 1.32. The lowest BCUT2D eigenvalue weighted by Gasteiger charge is -2.33. The Morgan fingerprint density at radius 3 is 2.67 bits per heavy atom. The topological polar surface area (TPSA) is 52.6 Å². The smallest absolute Gasteiger partial charge is 0.239 e. The van der Waals surface area contributed by atoms with Crippen LogP contribution in [-0.2, 0) is 4.79 Å². The van der Waals surface area contributed by atoms with Gasteiger partial charge in [0.2, 0.25) is 5.91 Å². The highest BCUT2D eigenvalue weighted by Gasteiger charge is 2.33. The van der Waals surface area contributed by atoms with E-state index in [1.54, 1.807) is 0 Å². The maximum absolute atomic E-state index is 11.5. The molecule has 0 radical (unpaired) electrons. The van der Waals surface area contributed by atoms with Crippen LogP contribution < -0.4 is 5.32 Å². The van der Waals surface area contributed by atoms with Gasteiger partial charge in [0, 0.05) is 19.6 Å². The van der Waals surface area contributed by atoms with Crippen LogP contribution in [0.25, 0.3) is 0 Å². The van der Waals surface area contributed by atoms with E-state index in [1.807, 2.05) is 4.90 Å². The van der Waals surface area contributed by atoms with E-state index in [4.69, 9.17) is 0 Å². The van der Waals surface area contributed by atoms with Gasteiger partial charge in [-0.15, -0.1) is 0 Å². The molecule has 12 heavy (non-hydrogen) atoms. The van der Waals surface area contributed by atoms with Crippen molar-refractivity contribution in [2.75, 3.05) is 19.6 Å². The van der Waals surface area contributed by atoms with Crippen molar-refractivity contribution in [1.29, 1.82) is 0 Å². The van der Waals surface area contributed by atoms with Crippen LogP contribution in [0.1, 0.15) is 12.8 Å². The van der Waals surface area contributed by atoms with E-state index in [0.717, 1.165) is 19.5 Å². The van der Waals surface area contributed by atoms with E-state index < -0.39 is 0 Å². The van der Waals surface area contributed by atoms with Crippen LogP contribution in [0.5, 0.6) is 0 Å². The molecule has 0 aromatic rings. The molecule has 4 heteroatoms. The minimum absolute atomic E-state index is 0.125. The zero-order valence-corrected chi connectivity index (χ0v) is 6.99. The van der Waals surface area contributed by atoms with E-state index in [1.165, 1.54) is 0 Å². The molecule has 2 N–H and O–H groups in total. The van der Waals surface area contributed by atoms with Crippen molar-refractivity contribution >= 4 is 5.91 Å². The van der Waals surface area contributed by atoms with E-state index in [2.05, 4.69) is 5.32 Å². The van der Waals surface area contributed by atoms with Crippen LogP contribution in [0.15, 0.2) is 0 Å². The minimum atomic E-state index is -0.333. The highest BCUT2D eigenvalue weighted by atomic mass is 16.3. The number of nitrogens with zero attached hydrogens (tertiary/aromatic N) is 1. The second kappa shape index (κ2) is 3.03. The number of carbonyl (C=O) groups is 1. The Labute approximate surface area is 71.5 Å². The minimum Gasteiger partial charge on any atom is -0.392 e. The number of aliphatic hydroxyl groups is 1. The van der Waals surface area contributed by atoms with Gasteiger partial charge < -0.3 is 15.3 Å². The molecule has 0 saturated carbocycles. The van der Waals surface area contributed by atoms with Gasteiger partial charge in [-0.3, -0.25) is 4.79 Å². The number of hydrogen-bond acceptors (Lipinski definition) is 3. The fraction of sp³-hybridized carbons (Fsp3) is 0.875. The van der Waals surface area contributed by atoms with Gasteiger partial charge in [-0.25, -0.2) is 0 Å². The molecule has 0 unspecified atom stereocenters. The summed E-state index contributed by atoms with van der Waals surface area (Å²) in [6, 6.07) is -0.125. The van der Waals surface area contributed by atoms with Gasteiger partial charge in [-0.2, -0.15) is 0 Å². The first-order chi connectivity index (χ1) is 5.77. The first-order valence-electron chi connectivity index (χ1n) is 4.47. The standard InChI is InChI=1S/C8H14N2O2/c11-6-4-7(9-5-6)8(12)10-2-1-3-10/h6-7,9,11H,1-5H2/t6-,7+/m1/s1. The third-order valence-electron chi connectivity index (χ3n) is 2.57. The molecule has 0 spiro atoms. The summed E-state index contributed by atoms with van der Waals surface area (Å²) in [5.74, 6) is 0.165. The fourth-order valence-electron chi connectivity index (χ4n) is 1.66. The van der Waals surface area contributed by atoms with Gasteiger partial charge in [0.25, 0.3) is 0 Å². The van der Waals surface area contributed by atoms with E-state index in [0.29, 0.717) is 13.0 Å². The molecule has 0 bridgehead atoms. The van der Waals surface area contributed by atoms with Crippen molar-refractivity contribution in [3.05, 3.63) is 0 Å². The van der Waals surface area contributed by atoms with Crippen LogP contribution in [0.4, 0.5) is 0 Å². The molecule has 2 atom stereocenters. The summed E-state index contributed by atoms with van der Waals surface area (Å²) in [7, 11) is 0. The molecule has 2 saturated heterocycles. The molecule has 2 aliphatic heterocycles. The Morgan fingerprint density at radius 1 is 1.50 bits per heavy atom. The first kappa shape index (κ1) is 8.01. The van der Waals surface area contributed by atoms with Crippen LogP contribution in [0, 0.1) is 0 Å². The third-order valence-corrected chi connectivity index (χ3v) is 2.57. The Morgan fingerprint density at radius 2 is 2.25 bits per heavy atom. The maximum atomic E-state index is 11.5. The van der Waals surface area contributed by atoms with Crippen molar-refractivity contribution in [3.8, 4) is 0 Å². The number of aliphatic hydroxyl groups excluding tert-OH is 1. The summed E-state index contributed by atoms with van der Waals surface area (Å²) < 4.78 is 0. The average Bonchev–Trinajstić information content (AvgIpc) is 2.31. The van der Waals surface area contributed by atoms with E-state index in [-0.39, 0.29) is 18.1 Å². The Balaban J connectivity index is 1.87. The molecule has 0 aromatic carbocycles. The lowest BCUT2D eigenvalue weighted by molar-refractivity contribution is -0.136. The van der Waals surface area contributed by atoms with Crippen LogP contribution in [0.3, 0.4) is 0 Å². The van der Waals surface area contributed by atoms with Crippen LogP contribution >= 0.6 is 0 Å². The molecular weight excluding hydrogens is 156 g/mol. The van der Waals surface area contributed by atoms with Crippen LogP contribution in [0.2, 0.25) is 0 Å². The SMILES string of the molecule is O=C([C@@H]1C[C@@H](O)CN1)N1CCC1. The van der Waals surface area contributed by atoms with Gasteiger partial charge in [-0.1, -0.05) is 0 Å². The number of rotatable bonds is 1. The number of likely N-dealkylation sites (tertiary alicyclic amines) is 1. The Hall–Kier alpha value is -0.610. The summed E-state index contributed by atoms with van der Waals surface area (Å²) in [5, 5.41) is 12.2. The predicted octanol–water partition coefficient (Wildman–Crippen LogP) is -1.06. The van der Waals surface area contributed by atoms with Crippen molar-refractivity contribution in [2.24, 2.45) is 0 Å². The van der Waals surface area contributed by atoms with E-state index in [9.17, 15) is 9.90 Å². The van der Waals surface area contributed by atoms with E-state index >= 15 is 0 Å². The molecule has 2 aliphatic rings. The van der Waals surface area contributed by atoms with Crippen molar-refractivity contribution in [2.45, 2.75) is 25.0 Å². The fourth-order valence-corrected chi connectivity index (χ4v) is 1.66. The molecule has 4 nitrogen and oxygen atoms in total. The molecule has 2 fully saturated rings. The normalized spacial score (nSPS) is 34.9. The molecule has 1 amide bonds. The number of β-amino-alcohol motifs (C(OH)–C–C–N with tert-alkyl or cyclic N) is 1. The second-order valence-corrected chi connectivity index (χ2v) is 3.53. The molecule has 0 aromatic heterocycles. The quantitative estimate of drug-likeness (QED) is 0.527. The molecule has 0 aliphatic carbocycles. The predicted molar refractivity (Wildman–Crippen MR) is 43.6 cm³/mol. The lowest BCUT2D eigenvalue weighted by atomic mass is 10.1. The lowest BCUT2D eigenvalue weighted by Crippen LogP contribution is -2.49. The van der Waals surface area contributed by atoms with Gasteiger partial charge in [-0.05, 0) is 12.8 Å². The van der Waals surface area contributed by atoms with Gasteiger partial charge >= 0.3 is 0 Å². The van der Waals surface area contributed by atoms with Gasteiger partial charge in [0.05, 0.1) is 12.1 Å². The highest BCUT2D eigenvalue weighted by molar-refractivity contribution is 5.82. The van der Waals surface area contributed by atoms with Crippen molar-refractivity contribution in [3.63, 3.8) is 0 Å². The van der Waals surface area contributed by atoms with Crippen molar-refractivity contribution in [1.82, 2.24) is 10.2 Å².